The van der Waals surface area contributed by atoms with Crippen molar-refractivity contribution < 1.29 is 19.2 Å². The van der Waals surface area contributed by atoms with E-state index in [0.717, 1.165) is 12.8 Å². The van der Waals surface area contributed by atoms with E-state index in [9.17, 15) is 19.2 Å². The summed E-state index contributed by atoms with van der Waals surface area (Å²) in [6, 6.07) is 0. The van der Waals surface area contributed by atoms with Gasteiger partial charge < -0.3 is 4.90 Å². The molecule has 0 spiro atoms. The Kier molecular flexibility index (Phi) is 8.68. The first-order valence-electron chi connectivity index (χ1n) is 7.26. The molecule has 0 rings (SSSR count). The van der Waals surface area contributed by atoms with Crippen LogP contribution in [0.1, 0.15) is 53.4 Å². The Bertz CT molecular complexity index is 370. The van der Waals surface area contributed by atoms with Crippen LogP contribution in [0.2, 0.25) is 0 Å². The Morgan fingerprint density at radius 2 is 1.40 bits per heavy atom. The van der Waals surface area contributed by atoms with Crippen LogP contribution in [-0.2, 0) is 19.2 Å². The molecule has 0 aliphatic rings. The van der Waals surface area contributed by atoms with E-state index in [0.29, 0.717) is 13.1 Å². The quantitative estimate of drug-likeness (QED) is 0.452. The van der Waals surface area contributed by atoms with Crippen molar-refractivity contribution in [2.45, 2.75) is 53.4 Å². The minimum absolute atomic E-state index is 0.200. The maximum absolute atomic E-state index is 12.0. The highest BCUT2D eigenvalue weighted by Gasteiger charge is 2.27. The molecule has 0 aromatic heterocycles. The molecule has 0 aliphatic carbocycles. The van der Waals surface area contributed by atoms with Gasteiger partial charge in [-0.05, 0) is 19.8 Å². The largest absolute Gasteiger partial charge is 0.336 e. The molecule has 0 N–H and O–H groups in total. The lowest BCUT2D eigenvalue weighted by Crippen LogP contribution is -2.39. The Hall–Kier alpha value is -1.52. The second kappa shape index (κ2) is 9.39. The Labute approximate surface area is 120 Å². The molecule has 5 heteroatoms. The number of carbonyl (C=O) groups excluding carboxylic acids is 4. The number of hydrogen-bond donors (Lipinski definition) is 0. The molecular formula is C15H25NO4. The van der Waals surface area contributed by atoms with Crippen LogP contribution >= 0.6 is 0 Å². The van der Waals surface area contributed by atoms with Gasteiger partial charge in [0.1, 0.15) is 5.78 Å². The number of hydrogen-bond acceptors (Lipinski definition) is 4. The zero-order chi connectivity index (χ0) is 15.7. The highest BCUT2D eigenvalue weighted by Crippen LogP contribution is 2.07. The van der Waals surface area contributed by atoms with E-state index in [-0.39, 0.29) is 12.2 Å². The van der Waals surface area contributed by atoms with Crippen LogP contribution in [0.25, 0.3) is 0 Å². The maximum atomic E-state index is 12.0. The summed E-state index contributed by atoms with van der Waals surface area (Å²) in [4.78, 5) is 48.5. The number of rotatable bonds is 10. The van der Waals surface area contributed by atoms with Crippen molar-refractivity contribution in [1.29, 1.82) is 0 Å². The van der Waals surface area contributed by atoms with Crippen molar-refractivity contribution in [2.24, 2.45) is 5.92 Å². The highest BCUT2D eigenvalue weighted by atomic mass is 16.2. The van der Waals surface area contributed by atoms with Crippen LogP contribution in [0.5, 0.6) is 0 Å². The van der Waals surface area contributed by atoms with Gasteiger partial charge in [-0.3, -0.25) is 19.2 Å². The molecule has 1 atom stereocenters. The van der Waals surface area contributed by atoms with Gasteiger partial charge in [-0.2, -0.15) is 0 Å². The van der Waals surface area contributed by atoms with Gasteiger partial charge in [0.05, 0.1) is 12.3 Å². The second-order valence-corrected chi connectivity index (χ2v) is 4.90. The van der Waals surface area contributed by atoms with Crippen molar-refractivity contribution in [3.63, 3.8) is 0 Å². The standard InChI is InChI=1S/C15H25NO4/c1-5-8-16(9-6-2)15(20)14(19)10-13(18)11(4)12(17)7-3/h11H,5-10H2,1-4H3/t11-/m0/s1. The van der Waals surface area contributed by atoms with E-state index < -0.39 is 29.8 Å². The third kappa shape index (κ3) is 5.63. The molecule has 1 amide bonds. The molecule has 5 nitrogen and oxygen atoms in total. The van der Waals surface area contributed by atoms with Crippen molar-refractivity contribution in [3.8, 4) is 0 Å². The summed E-state index contributed by atoms with van der Waals surface area (Å²) in [5, 5.41) is 0. The predicted octanol–water partition coefficient (Wildman–Crippen LogP) is 1.78. The van der Waals surface area contributed by atoms with E-state index >= 15 is 0 Å². The summed E-state index contributed by atoms with van der Waals surface area (Å²) in [5.74, 6) is -2.80. The molecule has 20 heavy (non-hydrogen) atoms. The van der Waals surface area contributed by atoms with E-state index in [1.807, 2.05) is 13.8 Å². The Morgan fingerprint density at radius 3 is 1.80 bits per heavy atom. The Morgan fingerprint density at radius 1 is 0.900 bits per heavy atom. The predicted molar refractivity (Wildman–Crippen MR) is 76.3 cm³/mol. The van der Waals surface area contributed by atoms with Gasteiger partial charge in [-0.1, -0.05) is 20.8 Å². The van der Waals surface area contributed by atoms with Gasteiger partial charge in [-0.15, -0.1) is 0 Å². The molecule has 114 valence electrons. The van der Waals surface area contributed by atoms with Gasteiger partial charge in [0.15, 0.2) is 5.78 Å². The van der Waals surface area contributed by atoms with Gasteiger partial charge in [0, 0.05) is 19.5 Å². The summed E-state index contributed by atoms with van der Waals surface area (Å²) in [6.07, 6.45) is 1.30. The lowest BCUT2D eigenvalue weighted by molar-refractivity contribution is -0.147. The smallest absolute Gasteiger partial charge is 0.290 e. The molecule has 0 aromatic carbocycles. The number of ketones is 3. The molecule has 0 saturated heterocycles. The fourth-order valence-corrected chi connectivity index (χ4v) is 1.90. The van der Waals surface area contributed by atoms with Gasteiger partial charge in [0.25, 0.3) is 5.91 Å². The van der Waals surface area contributed by atoms with E-state index in [4.69, 9.17) is 0 Å². The summed E-state index contributed by atoms with van der Waals surface area (Å²) in [7, 11) is 0. The number of amides is 1. The fourth-order valence-electron chi connectivity index (χ4n) is 1.90. The third-order valence-electron chi connectivity index (χ3n) is 3.16. The van der Waals surface area contributed by atoms with Crippen LogP contribution in [0, 0.1) is 5.92 Å². The molecule has 0 fully saturated rings. The van der Waals surface area contributed by atoms with Gasteiger partial charge >= 0.3 is 0 Å². The van der Waals surface area contributed by atoms with Crippen molar-refractivity contribution in [3.05, 3.63) is 0 Å². The van der Waals surface area contributed by atoms with Crippen molar-refractivity contribution in [1.82, 2.24) is 4.90 Å². The van der Waals surface area contributed by atoms with Gasteiger partial charge in [0.2, 0.25) is 5.78 Å². The number of carbonyl (C=O) groups is 4. The normalized spacial score (nSPS) is 11.8. The van der Waals surface area contributed by atoms with Crippen molar-refractivity contribution in [2.75, 3.05) is 13.1 Å². The van der Waals surface area contributed by atoms with Crippen LogP contribution in [-0.4, -0.2) is 41.2 Å². The molecule has 0 radical (unpaired) electrons. The lowest BCUT2D eigenvalue weighted by Gasteiger charge is -2.20. The molecule has 0 unspecified atom stereocenters. The van der Waals surface area contributed by atoms with E-state index in [2.05, 4.69) is 0 Å². The molecule has 0 bridgehead atoms. The molecule has 0 aromatic rings. The minimum atomic E-state index is -0.803. The minimum Gasteiger partial charge on any atom is -0.336 e. The highest BCUT2D eigenvalue weighted by molar-refractivity contribution is 6.39. The summed E-state index contributed by atoms with van der Waals surface area (Å²) in [5.41, 5.74) is 0. The summed E-state index contributed by atoms with van der Waals surface area (Å²) < 4.78 is 0. The molecule has 0 heterocycles. The summed E-state index contributed by atoms with van der Waals surface area (Å²) >= 11 is 0. The summed E-state index contributed by atoms with van der Waals surface area (Å²) in [6.45, 7) is 8.03. The number of Topliss-reactive ketones (excluding diaryl/α,β-unsaturated/α-hetero) is 3. The number of nitrogens with zero attached hydrogens (tertiary/aromatic N) is 1. The van der Waals surface area contributed by atoms with Crippen molar-refractivity contribution >= 4 is 23.3 Å². The fraction of sp³-hybridized carbons (Fsp3) is 0.733. The first-order valence-corrected chi connectivity index (χ1v) is 7.26. The average molecular weight is 283 g/mol. The van der Waals surface area contributed by atoms with Crippen LogP contribution in [0.3, 0.4) is 0 Å². The SMILES string of the molecule is CCCN(CCC)C(=O)C(=O)CC(=O)[C@@H](C)C(=O)CC. The first-order chi connectivity index (χ1) is 9.38. The molecular weight excluding hydrogens is 258 g/mol. The van der Waals surface area contributed by atoms with Crippen LogP contribution in [0.4, 0.5) is 0 Å². The van der Waals surface area contributed by atoms with Crippen LogP contribution < -0.4 is 0 Å². The maximum Gasteiger partial charge on any atom is 0.290 e. The molecule has 0 saturated carbocycles. The monoisotopic (exact) mass is 283 g/mol. The second-order valence-electron chi connectivity index (χ2n) is 4.90. The third-order valence-corrected chi connectivity index (χ3v) is 3.16. The first kappa shape index (κ1) is 18.5. The topological polar surface area (TPSA) is 71.5 Å². The lowest BCUT2D eigenvalue weighted by atomic mass is 9.95. The van der Waals surface area contributed by atoms with E-state index in [1.165, 1.54) is 11.8 Å². The zero-order valence-electron chi connectivity index (χ0n) is 12.9. The molecule has 0 aliphatic heterocycles. The van der Waals surface area contributed by atoms with E-state index in [1.54, 1.807) is 6.92 Å². The van der Waals surface area contributed by atoms with Crippen LogP contribution in [0.15, 0.2) is 0 Å². The zero-order valence-corrected chi connectivity index (χ0v) is 12.9. The van der Waals surface area contributed by atoms with Gasteiger partial charge in [-0.25, -0.2) is 0 Å². The Balaban J connectivity index is 4.62. The average Bonchev–Trinajstić information content (AvgIpc) is 2.44.